The summed E-state index contributed by atoms with van der Waals surface area (Å²) in [5, 5.41) is 21.3. The SMILES string of the molecule is O=C(N[C@@H](C1CC1)C(F)(F)F)c1cn(-c2c(F)cc(F)cc2F)c2nc(N3CC[C@@H](O)[C@H](O)C3)ccc2c1=O. The highest BCUT2D eigenvalue weighted by molar-refractivity contribution is 5.97. The third kappa shape index (κ3) is 5.17. The van der Waals surface area contributed by atoms with E-state index in [-0.39, 0.29) is 49.2 Å². The fourth-order valence-electron chi connectivity index (χ4n) is 4.71. The van der Waals surface area contributed by atoms with Gasteiger partial charge >= 0.3 is 6.18 Å². The van der Waals surface area contributed by atoms with Crippen LogP contribution < -0.4 is 15.6 Å². The molecule has 0 spiro atoms. The third-order valence-corrected chi connectivity index (χ3v) is 6.91. The third-order valence-electron chi connectivity index (χ3n) is 6.91. The number of β-amino-alcohol motifs (C(OH)–C–C–N with tert-alkyl or cyclic N) is 1. The standard InChI is InChI=1S/C25H22F6N4O4/c26-12-7-15(27)20(16(28)8-12)35-9-14(24(39)33-22(11-1-2-11)25(29,30)31)21(38)13-3-4-19(32-23(13)35)34-6-5-17(36)18(37)10-34/h3-4,7-9,11,17-18,22,36-37H,1-2,5-6,10H2,(H,33,39)/t17-,18-,22+/m1/s1. The number of carbonyl (C=O) groups is 1. The van der Waals surface area contributed by atoms with Gasteiger partial charge in [-0.3, -0.25) is 14.2 Å². The molecule has 1 amide bonds. The Hall–Kier alpha value is -3.65. The number of aliphatic hydroxyl groups is 2. The van der Waals surface area contributed by atoms with Crippen LogP contribution in [0.4, 0.5) is 32.2 Å². The molecule has 0 unspecified atom stereocenters. The van der Waals surface area contributed by atoms with Gasteiger partial charge in [0, 0.05) is 31.4 Å². The summed E-state index contributed by atoms with van der Waals surface area (Å²) in [7, 11) is 0. The minimum absolute atomic E-state index is 0.0519. The number of hydrogen-bond donors (Lipinski definition) is 3. The number of fused-ring (bicyclic) bond motifs is 1. The number of aliphatic hydroxyl groups excluding tert-OH is 2. The number of nitrogens with zero attached hydrogens (tertiary/aromatic N) is 3. The Labute approximate surface area is 216 Å². The molecule has 3 N–H and O–H groups in total. The summed E-state index contributed by atoms with van der Waals surface area (Å²) in [5.41, 5.74) is -3.14. The molecule has 3 aromatic rings. The van der Waals surface area contributed by atoms with E-state index in [4.69, 9.17) is 0 Å². The molecule has 2 aromatic heterocycles. The summed E-state index contributed by atoms with van der Waals surface area (Å²) in [6, 6.07) is 1.03. The van der Waals surface area contributed by atoms with Gasteiger partial charge in [0.25, 0.3) is 5.91 Å². The van der Waals surface area contributed by atoms with Crippen molar-refractivity contribution in [3.8, 4) is 5.69 Å². The molecule has 3 atom stereocenters. The molecule has 1 aromatic carbocycles. The van der Waals surface area contributed by atoms with Crippen molar-refractivity contribution < 1.29 is 41.4 Å². The van der Waals surface area contributed by atoms with Crippen molar-refractivity contribution >= 4 is 22.8 Å². The number of rotatable bonds is 5. The number of halogens is 6. The van der Waals surface area contributed by atoms with Gasteiger partial charge in [-0.05, 0) is 37.3 Å². The largest absolute Gasteiger partial charge is 0.408 e. The van der Waals surface area contributed by atoms with E-state index in [0.717, 1.165) is 0 Å². The van der Waals surface area contributed by atoms with E-state index in [0.29, 0.717) is 22.9 Å². The van der Waals surface area contributed by atoms with Gasteiger partial charge in [0.05, 0.1) is 17.6 Å². The Balaban J connectivity index is 1.67. The second-order valence-electron chi connectivity index (χ2n) is 9.70. The highest BCUT2D eigenvalue weighted by Gasteiger charge is 2.50. The Morgan fingerprint density at radius 2 is 1.72 bits per heavy atom. The van der Waals surface area contributed by atoms with Gasteiger partial charge in [0.1, 0.15) is 28.9 Å². The number of pyridine rings is 2. The maximum Gasteiger partial charge on any atom is 0.408 e. The molecule has 1 aliphatic heterocycles. The molecule has 1 saturated carbocycles. The van der Waals surface area contributed by atoms with Gasteiger partial charge in [0.15, 0.2) is 17.3 Å². The first kappa shape index (κ1) is 26.9. The van der Waals surface area contributed by atoms with E-state index in [1.54, 1.807) is 4.90 Å². The van der Waals surface area contributed by atoms with Crippen LogP contribution in [-0.4, -0.2) is 63.2 Å². The van der Waals surface area contributed by atoms with E-state index >= 15 is 0 Å². The summed E-state index contributed by atoms with van der Waals surface area (Å²) < 4.78 is 84.6. The second-order valence-corrected chi connectivity index (χ2v) is 9.70. The van der Waals surface area contributed by atoms with Crippen LogP contribution in [0.1, 0.15) is 29.6 Å². The molecule has 39 heavy (non-hydrogen) atoms. The predicted molar refractivity (Wildman–Crippen MR) is 126 cm³/mol. The molecule has 8 nitrogen and oxygen atoms in total. The summed E-state index contributed by atoms with van der Waals surface area (Å²) in [6.45, 7) is 0.185. The monoisotopic (exact) mass is 556 g/mol. The quantitative estimate of drug-likeness (QED) is 0.418. The van der Waals surface area contributed by atoms with Gasteiger partial charge in [0.2, 0.25) is 5.43 Å². The Morgan fingerprint density at radius 1 is 1.05 bits per heavy atom. The van der Waals surface area contributed by atoms with Crippen molar-refractivity contribution in [2.75, 3.05) is 18.0 Å². The number of piperidine rings is 1. The number of anilines is 1. The minimum atomic E-state index is -4.79. The zero-order valence-corrected chi connectivity index (χ0v) is 20.1. The molecular formula is C25H22F6N4O4. The van der Waals surface area contributed by atoms with Crippen LogP contribution in [0.25, 0.3) is 16.7 Å². The smallest absolute Gasteiger partial charge is 0.390 e. The molecule has 5 rings (SSSR count). The molecule has 2 fully saturated rings. The first-order valence-corrected chi connectivity index (χ1v) is 12.0. The molecule has 0 bridgehead atoms. The lowest BCUT2D eigenvalue weighted by Crippen LogP contribution is -2.48. The topological polar surface area (TPSA) is 108 Å². The Bertz CT molecular complexity index is 1480. The highest BCUT2D eigenvalue weighted by atomic mass is 19.4. The van der Waals surface area contributed by atoms with Gasteiger partial charge in [-0.15, -0.1) is 0 Å². The van der Waals surface area contributed by atoms with Gasteiger partial charge in [-0.2, -0.15) is 13.2 Å². The number of aromatic nitrogens is 2. The van der Waals surface area contributed by atoms with Crippen molar-refractivity contribution in [2.24, 2.45) is 5.92 Å². The van der Waals surface area contributed by atoms with Crippen LogP contribution >= 0.6 is 0 Å². The first-order chi connectivity index (χ1) is 18.3. The van der Waals surface area contributed by atoms with Crippen molar-refractivity contribution in [2.45, 2.75) is 43.7 Å². The lowest BCUT2D eigenvalue weighted by molar-refractivity contribution is -0.158. The molecule has 0 radical (unpaired) electrons. The lowest BCUT2D eigenvalue weighted by atomic mass is 10.1. The second kappa shape index (κ2) is 9.83. The number of carbonyl (C=O) groups excluding carboxylic acids is 1. The highest BCUT2D eigenvalue weighted by Crippen LogP contribution is 2.40. The van der Waals surface area contributed by atoms with Gasteiger partial charge < -0.3 is 20.4 Å². The summed E-state index contributed by atoms with van der Waals surface area (Å²) in [6.07, 6.45) is -5.57. The maximum atomic E-state index is 14.9. The van der Waals surface area contributed by atoms with Crippen molar-refractivity contribution in [3.05, 3.63) is 63.7 Å². The zero-order chi connectivity index (χ0) is 28.2. The minimum Gasteiger partial charge on any atom is -0.390 e. The normalized spacial score (nSPS) is 20.8. The summed E-state index contributed by atoms with van der Waals surface area (Å²) >= 11 is 0. The van der Waals surface area contributed by atoms with E-state index in [9.17, 15) is 46.1 Å². The zero-order valence-electron chi connectivity index (χ0n) is 20.1. The van der Waals surface area contributed by atoms with Gasteiger partial charge in [-0.1, -0.05) is 0 Å². The average Bonchev–Trinajstić information content (AvgIpc) is 3.69. The Morgan fingerprint density at radius 3 is 2.31 bits per heavy atom. The average molecular weight is 556 g/mol. The fraction of sp³-hybridized carbons (Fsp3) is 0.400. The van der Waals surface area contributed by atoms with Crippen molar-refractivity contribution in [1.29, 1.82) is 0 Å². The summed E-state index contributed by atoms with van der Waals surface area (Å²) in [4.78, 5) is 32.0. The number of hydrogen-bond acceptors (Lipinski definition) is 6. The molecule has 2 aliphatic rings. The van der Waals surface area contributed by atoms with Crippen LogP contribution in [0, 0.1) is 23.4 Å². The molecule has 14 heteroatoms. The van der Waals surface area contributed by atoms with E-state index in [1.165, 1.54) is 12.1 Å². The van der Waals surface area contributed by atoms with Crippen LogP contribution in [0.2, 0.25) is 0 Å². The van der Waals surface area contributed by atoms with Crippen LogP contribution in [0.3, 0.4) is 0 Å². The van der Waals surface area contributed by atoms with Crippen molar-refractivity contribution in [3.63, 3.8) is 0 Å². The number of alkyl halides is 3. The number of benzene rings is 1. The first-order valence-electron chi connectivity index (χ1n) is 12.0. The fourth-order valence-corrected chi connectivity index (χ4v) is 4.71. The van der Waals surface area contributed by atoms with Gasteiger partial charge in [-0.25, -0.2) is 18.2 Å². The van der Waals surface area contributed by atoms with Crippen molar-refractivity contribution in [1.82, 2.24) is 14.9 Å². The molecule has 208 valence electrons. The number of nitrogens with one attached hydrogen (secondary N) is 1. The molecule has 3 heterocycles. The van der Waals surface area contributed by atoms with E-state index in [1.807, 2.05) is 5.32 Å². The van der Waals surface area contributed by atoms with E-state index < -0.39 is 70.4 Å². The Kier molecular flexibility index (Phi) is 6.79. The number of amides is 1. The molecule has 1 aliphatic carbocycles. The van der Waals surface area contributed by atoms with Crippen LogP contribution in [-0.2, 0) is 0 Å². The van der Waals surface area contributed by atoms with Crippen LogP contribution in [0.15, 0.2) is 35.3 Å². The lowest BCUT2D eigenvalue weighted by Gasteiger charge is -2.34. The maximum absolute atomic E-state index is 14.9. The van der Waals surface area contributed by atoms with E-state index in [2.05, 4.69) is 4.98 Å². The molecule has 1 saturated heterocycles. The molecular weight excluding hydrogens is 534 g/mol. The summed E-state index contributed by atoms with van der Waals surface area (Å²) in [5.74, 6) is -6.19. The van der Waals surface area contributed by atoms with Crippen LogP contribution in [0.5, 0.6) is 0 Å². The predicted octanol–water partition coefficient (Wildman–Crippen LogP) is 2.81.